The lowest BCUT2D eigenvalue weighted by Gasteiger charge is -2.37. The Morgan fingerprint density at radius 1 is 1.30 bits per heavy atom. The molecule has 1 aromatic heterocycles. The summed E-state index contributed by atoms with van der Waals surface area (Å²) in [7, 11) is 4.22. The van der Waals surface area contributed by atoms with E-state index in [1.807, 2.05) is 6.92 Å². The number of carbonyl (C=O) groups excluding carboxylic acids is 1. The number of hydrogen-bond donors (Lipinski definition) is 1. The number of aromatic nitrogens is 2. The first-order valence-electron chi connectivity index (χ1n) is 9.94. The molecule has 0 amide bonds. The van der Waals surface area contributed by atoms with Crippen LogP contribution < -0.4 is 15.5 Å². The van der Waals surface area contributed by atoms with Gasteiger partial charge in [-0.3, -0.25) is 4.79 Å². The lowest BCUT2D eigenvalue weighted by Crippen LogP contribution is -2.43. The van der Waals surface area contributed by atoms with Gasteiger partial charge in [0.1, 0.15) is 12.0 Å². The molecule has 0 aromatic carbocycles. The van der Waals surface area contributed by atoms with Crippen molar-refractivity contribution < 1.29 is 9.53 Å². The van der Waals surface area contributed by atoms with Crippen LogP contribution in [0.5, 0.6) is 0 Å². The van der Waals surface area contributed by atoms with E-state index in [4.69, 9.17) is 10.5 Å². The van der Waals surface area contributed by atoms with Crippen LogP contribution in [0.3, 0.4) is 0 Å². The minimum Gasteiger partial charge on any atom is -0.466 e. The third-order valence-electron chi connectivity index (χ3n) is 5.75. The molecule has 0 bridgehead atoms. The zero-order valence-electron chi connectivity index (χ0n) is 16.7. The summed E-state index contributed by atoms with van der Waals surface area (Å²) in [5, 5.41) is 0. The molecular formula is C19H32N6O2. The molecule has 1 unspecified atom stereocenters. The van der Waals surface area contributed by atoms with Gasteiger partial charge in [-0.05, 0) is 52.7 Å². The number of hydrogen-bond acceptors (Lipinski definition) is 8. The highest BCUT2D eigenvalue weighted by molar-refractivity contribution is 5.78. The van der Waals surface area contributed by atoms with Gasteiger partial charge in [-0.2, -0.15) is 0 Å². The molecule has 3 heterocycles. The number of rotatable bonds is 5. The average Bonchev–Trinajstić information content (AvgIpc) is 2.68. The molecule has 1 atom stereocenters. The standard InChI is InChI=1S/C19H32N6O2/c1-4-27-19(26)14-6-5-9-25(12-14)18-16(20)17(21-13-22-18)24(3)15-7-10-23(2)11-8-15/h13-15H,4-12,20H2,1-3H3. The zero-order chi connectivity index (χ0) is 19.4. The summed E-state index contributed by atoms with van der Waals surface area (Å²) in [5.41, 5.74) is 7.09. The molecule has 2 fully saturated rings. The summed E-state index contributed by atoms with van der Waals surface area (Å²) in [6.45, 7) is 5.86. The predicted octanol–water partition coefficient (Wildman–Crippen LogP) is 1.37. The van der Waals surface area contributed by atoms with Crippen LogP contribution in [0.15, 0.2) is 6.33 Å². The van der Waals surface area contributed by atoms with E-state index in [1.54, 1.807) is 6.33 Å². The van der Waals surface area contributed by atoms with Crippen LogP contribution in [0.4, 0.5) is 17.3 Å². The highest BCUT2D eigenvalue weighted by atomic mass is 16.5. The number of nitrogens with zero attached hydrogens (tertiary/aromatic N) is 5. The summed E-state index contributed by atoms with van der Waals surface area (Å²) in [6, 6.07) is 0.430. The van der Waals surface area contributed by atoms with Crippen molar-refractivity contribution in [2.75, 3.05) is 62.4 Å². The maximum atomic E-state index is 12.1. The molecule has 3 rings (SSSR count). The number of anilines is 3. The fourth-order valence-electron chi connectivity index (χ4n) is 4.09. The molecule has 2 N–H and O–H groups in total. The van der Waals surface area contributed by atoms with E-state index >= 15 is 0 Å². The minimum atomic E-state index is -0.126. The Kier molecular flexibility index (Phi) is 6.36. The molecule has 2 aliphatic rings. The number of nitrogen functional groups attached to an aromatic ring is 1. The number of nitrogens with two attached hydrogens (primary N) is 1. The van der Waals surface area contributed by atoms with Gasteiger partial charge in [-0.15, -0.1) is 0 Å². The van der Waals surface area contributed by atoms with Gasteiger partial charge < -0.3 is 25.2 Å². The average molecular weight is 377 g/mol. The third-order valence-corrected chi connectivity index (χ3v) is 5.75. The first-order valence-corrected chi connectivity index (χ1v) is 9.94. The quantitative estimate of drug-likeness (QED) is 0.771. The van der Waals surface area contributed by atoms with Gasteiger partial charge in [-0.25, -0.2) is 9.97 Å². The molecule has 2 aliphatic heterocycles. The van der Waals surface area contributed by atoms with E-state index in [0.717, 1.165) is 57.0 Å². The van der Waals surface area contributed by atoms with Crippen molar-refractivity contribution in [1.29, 1.82) is 0 Å². The molecule has 0 radical (unpaired) electrons. The van der Waals surface area contributed by atoms with Crippen molar-refractivity contribution in [1.82, 2.24) is 14.9 Å². The van der Waals surface area contributed by atoms with Crippen molar-refractivity contribution in [2.24, 2.45) is 5.92 Å². The van der Waals surface area contributed by atoms with Crippen molar-refractivity contribution in [2.45, 2.75) is 38.6 Å². The van der Waals surface area contributed by atoms with Gasteiger partial charge in [-0.1, -0.05) is 0 Å². The molecule has 8 nitrogen and oxygen atoms in total. The van der Waals surface area contributed by atoms with Gasteiger partial charge in [0.2, 0.25) is 0 Å². The van der Waals surface area contributed by atoms with Crippen LogP contribution in [0.1, 0.15) is 32.6 Å². The van der Waals surface area contributed by atoms with E-state index in [1.165, 1.54) is 0 Å². The van der Waals surface area contributed by atoms with Crippen LogP contribution in [0.25, 0.3) is 0 Å². The van der Waals surface area contributed by atoms with Crippen molar-refractivity contribution in [3.63, 3.8) is 0 Å². The van der Waals surface area contributed by atoms with Crippen LogP contribution in [-0.4, -0.2) is 73.8 Å². The monoisotopic (exact) mass is 376 g/mol. The number of piperidine rings is 2. The van der Waals surface area contributed by atoms with E-state index in [9.17, 15) is 4.79 Å². The maximum Gasteiger partial charge on any atom is 0.310 e. The summed E-state index contributed by atoms with van der Waals surface area (Å²) in [4.78, 5) is 27.7. The van der Waals surface area contributed by atoms with E-state index in [2.05, 4.69) is 38.8 Å². The first-order chi connectivity index (χ1) is 13.0. The van der Waals surface area contributed by atoms with E-state index in [0.29, 0.717) is 24.9 Å². The Morgan fingerprint density at radius 2 is 2.04 bits per heavy atom. The van der Waals surface area contributed by atoms with Crippen LogP contribution in [0.2, 0.25) is 0 Å². The van der Waals surface area contributed by atoms with E-state index in [-0.39, 0.29) is 11.9 Å². The highest BCUT2D eigenvalue weighted by Crippen LogP contribution is 2.33. The van der Waals surface area contributed by atoms with Crippen LogP contribution >= 0.6 is 0 Å². The second-order valence-electron chi connectivity index (χ2n) is 7.62. The lowest BCUT2D eigenvalue weighted by molar-refractivity contribution is -0.148. The smallest absolute Gasteiger partial charge is 0.310 e. The molecule has 0 spiro atoms. The zero-order valence-corrected chi connectivity index (χ0v) is 16.7. The second kappa shape index (κ2) is 8.73. The maximum absolute atomic E-state index is 12.1. The normalized spacial score (nSPS) is 21.9. The predicted molar refractivity (Wildman–Crippen MR) is 107 cm³/mol. The molecule has 27 heavy (non-hydrogen) atoms. The Balaban J connectivity index is 1.75. The molecule has 150 valence electrons. The SMILES string of the molecule is CCOC(=O)C1CCCN(c2ncnc(N(C)C3CCN(C)CC3)c2N)C1. The molecule has 0 saturated carbocycles. The van der Waals surface area contributed by atoms with Crippen LogP contribution in [0, 0.1) is 5.92 Å². The summed E-state index contributed by atoms with van der Waals surface area (Å²) < 4.78 is 5.20. The number of esters is 1. The summed E-state index contributed by atoms with van der Waals surface area (Å²) in [6.07, 6.45) is 5.55. The van der Waals surface area contributed by atoms with Crippen molar-refractivity contribution in [3.05, 3.63) is 6.33 Å². The Morgan fingerprint density at radius 3 is 2.74 bits per heavy atom. The Labute approximate surface area is 161 Å². The van der Waals surface area contributed by atoms with Crippen molar-refractivity contribution >= 4 is 23.3 Å². The molecule has 0 aliphatic carbocycles. The Hall–Kier alpha value is -2.09. The van der Waals surface area contributed by atoms with Gasteiger partial charge >= 0.3 is 5.97 Å². The fourth-order valence-corrected chi connectivity index (χ4v) is 4.09. The third kappa shape index (κ3) is 4.43. The van der Waals surface area contributed by atoms with Crippen molar-refractivity contribution in [3.8, 4) is 0 Å². The Bertz CT molecular complexity index is 647. The number of likely N-dealkylation sites (tertiary alicyclic amines) is 1. The van der Waals surface area contributed by atoms with Crippen LogP contribution in [-0.2, 0) is 9.53 Å². The second-order valence-corrected chi connectivity index (χ2v) is 7.62. The van der Waals surface area contributed by atoms with Gasteiger partial charge in [0.15, 0.2) is 11.6 Å². The lowest BCUT2D eigenvalue weighted by atomic mass is 9.98. The minimum absolute atomic E-state index is 0.122. The van der Waals surface area contributed by atoms with E-state index < -0.39 is 0 Å². The summed E-state index contributed by atoms with van der Waals surface area (Å²) in [5.74, 6) is 1.27. The number of carbonyl (C=O) groups is 1. The molecular weight excluding hydrogens is 344 g/mol. The van der Waals surface area contributed by atoms with Gasteiger partial charge in [0.05, 0.1) is 12.5 Å². The van der Waals surface area contributed by atoms with Gasteiger partial charge in [0, 0.05) is 26.2 Å². The number of ether oxygens (including phenoxy) is 1. The molecule has 8 heteroatoms. The summed E-state index contributed by atoms with van der Waals surface area (Å²) >= 11 is 0. The molecule has 1 aromatic rings. The van der Waals surface area contributed by atoms with Gasteiger partial charge in [0.25, 0.3) is 0 Å². The highest BCUT2D eigenvalue weighted by Gasteiger charge is 2.30. The molecule has 2 saturated heterocycles. The topological polar surface area (TPSA) is 87.8 Å². The first kappa shape index (κ1) is 19.7. The fraction of sp³-hybridized carbons (Fsp3) is 0.737. The largest absolute Gasteiger partial charge is 0.466 e.